The molecule has 176 valence electrons. The van der Waals surface area contributed by atoms with Crippen molar-refractivity contribution in [1.82, 2.24) is 4.73 Å². The molecule has 9 nitrogen and oxygen atoms in total. The van der Waals surface area contributed by atoms with Crippen LogP contribution in [0.15, 0.2) is 41.4 Å². The second-order valence-electron chi connectivity index (χ2n) is 8.84. The van der Waals surface area contributed by atoms with Crippen molar-refractivity contribution in [3.63, 3.8) is 0 Å². The van der Waals surface area contributed by atoms with Crippen LogP contribution in [-0.2, 0) is 9.53 Å². The first-order chi connectivity index (χ1) is 15.1. The van der Waals surface area contributed by atoms with Crippen molar-refractivity contribution >= 4 is 5.97 Å². The molecule has 2 aliphatic carbocycles. The monoisotopic (exact) mass is 449 g/mol. The molecule has 0 aromatic carbocycles. The van der Waals surface area contributed by atoms with Crippen molar-refractivity contribution in [2.24, 2.45) is 17.8 Å². The number of carbonyl (C=O) groups is 1. The highest BCUT2D eigenvalue weighted by Crippen LogP contribution is 2.45. The first kappa shape index (κ1) is 24.0. The number of aromatic nitrogens is 1. The zero-order valence-electron chi connectivity index (χ0n) is 18.4. The first-order valence-corrected chi connectivity index (χ1v) is 10.7. The van der Waals surface area contributed by atoms with E-state index in [9.17, 15) is 30.0 Å². The molecule has 1 aromatic rings. The number of allylic oxidation sites excluding steroid dienone is 1. The van der Waals surface area contributed by atoms with E-state index in [2.05, 4.69) is 18.2 Å². The Hall–Kier alpha value is -2.62. The van der Waals surface area contributed by atoms with E-state index < -0.39 is 35.9 Å². The second kappa shape index (κ2) is 9.48. The highest BCUT2D eigenvalue weighted by atomic mass is 16.7. The maximum absolute atomic E-state index is 13.4. The molecule has 4 N–H and O–H groups in total. The molecule has 2 aliphatic rings. The summed E-state index contributed by atoms with van der Waals surface area (Å²) in [6.45, 7) is 8.07. The minimum Gasteiger partial charge on any atom is -0.507 e. The number of rotatable bonds is 5. The van der Waals surface area contributed by atoms with Crippen LogP contribution in [-0.4, -0.2) is 62.7 Å². The van der Waals surface area contributed by atoms with Crippen LogP contribution in [0, 0.1) is 17.8 Å². The van der Waals surface area contributed by atoms with E-state index in [1.165, 1.54) is 12.3 Å². The minimum atomic E-state index is -1.70. The molecule has 0 unspecified atom stereocenters. The Morgan fingerprint density at radius 3 is 2.53 bits per heavy atom. The van der Waals surface area contributed by atoms with Gasteiger partial charge in [0.1, 0.15) is 24.1 Å². The molecule has 0 spiro atoms. The SMILES string of the molecule is C=C[C@@H]1C[C@H](C)C[C@H](C)[C@H]1c1c(O)ccn(O[C@@H]2C(C(=O)OC)=C[C@H](O)[C@H](O)[C@@H]2O)c1=O. The number of esters is 1. The zero-order valence-corrected chi connectivity index (χ0v) is 18.4. The largest absolute Gasteiger partial charge is 0.507 e. The molecule has 1 heterocycles. The van der Waals surface area contributed by atoms with Crippen molar-refractivity contribution in [2.75, 3.05) is 7.11 Å². The Morgan fingerprint density at radius 2 is 1.91 bits per heavy atom. The molecule has 3 rings (SSSR count). The van der Waals surface area contributed by atoms with Gasteiger partial charge in [-0.15, -0.1) is 6.58 Å². The Morgan fingerprint density at radius 1 is 1.22 bits per heavy atom. The van der Waals surface area contributed by atoms with Gasteiger partial charge in [-0.1, -0.05) is 19.9 Å². The lowest BCUT2D eigenvalue weighted by Gasteiger charge is -2.38. The summed E-state index contributed by atoms with van der Waals surface area (Å²) in [7, 11) is 1.12. The van der Waals surface area contributed by atoms with Crippen molar-refractivity contribution in [3.05, 3.63) is 52.5 Å². The van der Waals surface area contributed by atoms with Crippen molar-refractivity contribution < 1.29 is 34.8 Å². The lowest BCUT2D eigenvalue weighted by molar-refractivity contribution is -0.146. The molecular weight excluding hydrogens is 418 g/mol. The number of ether oxygens (including phenoxy) is 1. The summed E-state index contributed by atoms with van der Waals surface area (Å²) < 4.78 is 5.51. The normalized spacial score (nSPS) is 35.0. The molecule has 0 amide bonds. The Balaban J connectivity index is 2.03. The number of pyridine rings is 1. The number of hydrogen-bond acceptors (Lipinski definition) is 8. The number of carbonyl (C=O) groups excluding carboxylic acids is 1. The minimum absolute atomic E-state index is 0.0223. The van der Waals surface area contributed by atoms with Gasteiger partial charge in [0, 0.05) is 12.0 Å². The molecule has 8 atom stereocenters. The van der Waals surface area contributed by atoms with Gasteiger partial charge in [0.05, 0.1) is 24.4 Å². The number of methoxy groups -OCH3 is 1. The van der Waals surface area contributed by atoms with Gasteiger partial charge in [0.2, 0.25) is 0 Å². The predicted octanol–water partition coefficient (Wildman–Crippen LogP) is 0.499. The maximum Gasteiger partial charge on any atom is 0.337 e. The quantitative estimate of drug-likeness (QED) is 0.377. The molecule has 0 saturated heterocycles. The van der Waals surface area contributed by atoms with Crippen LogP contribution in [0.2, 0.25) is 0 Å². The van der Waals surface area contributed by atoms with Crippen LogP contribution in [0.1, 0.15) is 38.2 Å². The maximum atomic E-state index is 13.4. The zero-order chi connectivity index (χ0) is 23.7. The lowest BCUT2D eigenvalue weighted by atomic mass is 9.66. The molecule has 0 aliphatic heterocycles. The molecule has 32 heavy (non-hydrogen) atoms. The smallest absolute Gasteiger partial charge is 0.337 e. The summed E-state index contributed by atoms with van der Waals surface area (Å²) in [6.07, 6.45) is -0.612. The average Bonchev–Trinajstić information content (AvgIpc) is 2.75. The first-order valence-electron chi connectivity index (χ1n) is 10.7. The summed E-state index contributed by atoms with van der Waals surface area (Å²) in [5, 5.41) is 41.0. The van der Waals surface area contributed by atoms with Crippen LogP contribution in [0.3, 0.4) is 0 Å². The van der Waals surface area contributed by atoms with Gasteiger partial charge in [-0.3, -0.25) is 4.79 Å². The summed E-state index contributed by atoms with van der Waals surface area (Å²) in [5.41, 5.74) is -0.699. The lowest BCUT2D eigenvalue weighted by Crippen LogP contribution is -2.55. The van der Waals surface area contributed by atoms with E-state index in [0.717, 1.165) is 30.8 Å². The Bertz CT molecular complexity index is 954. The fourth-order valence-corrected chi connectivity index (χ4v) is 5.06. The number of aliphatic hydroxyl groups excluding tert-OH is 3. The van der Waals surface area contributed by atoms with Gasteiger partial charge in [-0.2, -0.15) is 4.73 Å². The molecule has 1 aromatic heterocycles. The standard InChI is InChI=1S/C23H31NO8/c1-5-13-9-11(2)8-12(3)17(13)18-15(25)6-7-24(22(18)29)32-21-14(23(30)31-4)10-16(26)19(27)20(21)28/h5-7,10-13,16-17,19-21,25-28H,1,8-9H2,2-4H3/t11-,12+,13-,16+,17-,19+,20+,21-/m1/s1. The summed E-state index contributed by atoms with van der Waals surface area (Å²) in [6, 6.07) is 1.31. The van der Waals surface area contributed by atoms with Gasteiger partial charge in [-0.05, 0) is 36.7 Å². The number of aliphatic hydroxyl groups is 3. The summed E-state index contributed by atoms with van der Waals surface area (Å²) in [5.74, 6) is -0.812. The molecule has 9 heteroatoms. The van der Waals surface area contributed by atoms with Crippen LogP contribution in [0.25, 0.3) is 0 Å². The highest BCUT2D eigenvalue weighted by Gasteiger charge is 2.43. The van der Waals surface area contributed by atoms with Crippen LogP contribution in [0.4, 0.5) is 0 Å². The van der Waals surface area contributed by atoms with E-state index in [0.29, 0.717) is 5.92 Å². The van der Waals surface area contributed by atoms with E-state index in [1.807, 2.05) is 6.92 Å². The molecular formula is C23H31NO8. The van der Waals surface area contributed by atoms with Crippen LogP contribution < -0.4 is 10.4 Å². The summed E-state index contributed by atoms with van der Waals surface area (Å²) >= 11 is 0. The van der Waals surface area contributed by atoms with Crippen molar-refractivity contribution in [1.29, 1.82) is 0 Å². The highest BCUT2D eigenvalue weighted by molar-refractivity contribution is 5.90. The average molecular weight is 450 g/mol. The van der Waals surface area contributed by atoms with E-state index >= 15 is 0 Å². The summed E-state index contributed by atoms with van der Waals surface area (Å²) in [4.78, 5) is 31.2. The van der Waals surface area contributed by atoms with Crippen molar-refractivity contribution in [2.45, 2.75) is 57.0 Å². The third-order valence-corrected chi connectivity index (χ3v) is 6.55. The Labute approximate surface area is 186 Å². The number of hydrogen-bond donors (Lipinski definition) is 4. The molecule has 0 bridgehead atoms. The van der Waals surface area contributed by atoms with Crippen LogP contribution >= 0.6 is 0 Å². The van der Waals surface area contributed by atoms with Gasteiger partial charge >= 0.3 is 5.97 Å². The van der Waals surface area contributed by atoms with Crippen molar-refractivity contribution in [3.8, 4) is 5.75 Å². The van der Waals surface area contributed by atoms with Gasteiger partial charge in [0.25, 0.3) is 5.56 Å². The molecule has 0 radical (unpaired) electrons. The fourth-order valence-electron chi connectivity index (χ4n) is 5.06. The fraction of sp³-hybridized carbons (Fsp3) is 0.565. The van der Waals surface area contributed by atoms with Gasteiger partial charge in [-0.25, -0.2) is 4.79 Å². The van der Waals surface area contributed by atoms with Gasteiger partial charge in [0.15, 0.2) is 6.10 Å². The Kier molecular flexibility index (Phi) is 7.12. The number of aromatic hydroxyl groups is 1. The topological polar surface area (TPSA) is 138 Å². The second-order valence-corrected chi connectivity index (χ2v) is 8.84. The molecule has 1 fully saturated rings. The van der Waals surface area contributed by atoms with E-state index in [1.54, 1.807) is 6.08 Å². The van der Waals surface area contributed by atoms with E-state index in [-0.39, 0.29) is 34.6 Å². The van der Waals surface area contributed by atoms with Crippen LogP contribution in [0.5, 0.6) is 5.75 Å². The van der Waals surface area contributed by atoms with E-state index in [4.69, 9.17) is 4.84 Å². The van der Waals surface area contributed by atoms with Gasteiger partial charge < -0.3 is 30.0 Å². The third kappa shape index (κ3) is 4.32. The third-order valence-electron chi connectivity index (χ3n) is 6.55. The predicted molar refractivity (Wildman–Crippen MR) is 115 cm³/mol. The number of nitrogens with zero attached hydrogens (tertiary/aromatic N) is 1. The molecule has 1 saturated carbocycles.